The van der Waals surface area contributed by atoms with E-state index in [0.717, 1.165) is 30.2 Å². The molecule has 0 unspecified atom stereocenters. The van der Waals surface area contributed by atoms with Crippen molar-refractivity contribution in [2.24, 2.45) is 7.05 Å². The molecular formula is C18H24N4O2. The second kappa shape index (κ2) is 7.49. The van der Waals surface area contributed by atoms with E-state index in [2.05, 4.69) is 15.3 Å². The van der Waals surface area contributed by atoms with Crippen LogP contribution < -0.4 is 5.32 Å². The van der Waals surface area contributed by atoms with Crippen molar-refractivity contribution >= 4 is 12.0 Å². The minimum Gasteiger partial charge on any atom is -0.465 e. The van der Waals surface area contributed by atoms with Crippen LogP contribution in [0.25, 0.3) is 6.08 Å². The van der Waals surface area contributed by atoms with Gasteiger partial charge in [0.15, 0.2) is 0 Å². The van der Waals surface area contributed by atoms with E-state index in [4.69, 9.17) is 4.42 Å². The molecule has 1 aliphatic rings. The summed E-state index contributed by atoms with van der Waals surface area (Å²) in [7, 11) is 1.85. The summed E-state index contributed by atoms with van der Waals surface area (Å²) < 4.78 is 7.51. The maximum absolute atomic E-state index is 12.1. The fraction of sp³-hybridized carbons (Fsp3) is 0.444. The summed E-state index contributed by atoms with van der Waals surface area (Å²) >= 11 is 0. The highest BCUT2D eigenvalue weighted by Gasteiger charge is 2.26. The summed E-state index contributed by atoms with van der Waals surface area (Å²) in [5.41, 5.74) is 0.908. The van der Waals surface area contributed by atoms with E-state index in [9.17, 15) is 4.79 Å². The van der Waals surface area contributed by atoms with Crippen LogP contribution in [0, 0.1) is 6.92 Å². The Balaban J connectivity index is 1.60. The molecular weight excluding hydrogens is 304 g/mol. The Bertz CT molecular complexity index is 710. The molecule has 2 aromatic rings. The van der Waals surface area contributed by atoms with E-state index in [-0.39, 0.29) is 11.9 Å². The number of aromatic nitrogens is 2. The Labute approximate surface area is 142 Å². The molecule has 6 heteroatoms. The van der Waals surface area contributed by atoms with Gasteiger partial charge in [0.2, 0.25) is 5.91 Å². The number of nitrogens with one attached hydrogen (secondary N) is 1. The van der Waals surface area contributed by atoms with Gasteiger partial charge >= 0.3 is 0 Å². The monoisotopic (exact) mass is 328 g/mol. The molecule has 0 spiro atoms. The zero-order valence-corrected chi connectivity index (χ0v) is 14.2. The van der Waals surface area contributed by atoms with Gasteiger partial charge in [0.05, 0.1) is 12.2 Å². The second-order valence-corrected chi connectivity index (χ2v) is 6.23. The molecule has 1 amide bonds. The van der Waals surface area contributed by atoms with Gasteiger partial charge in [0, 0.05) is 31.4 Å². The molecule has 3 heterocycles. The van der Waals surface area contributed by atoms with Crippen LogP contribution in [0.2, 0.25) is 0 Å². The van der Waals surface area contributed by atoms with Crippen molar-refractivity contribution in [1.29, 1.82) is 0 Å². The van der Waals surface area contributed by atoms with E-state index >= 15 is 0 Å². The summed E-state index contributed by atoms with van der Waals surface area (Å²) in [5.74, 6) is 1.72. The lowest BCUT2D eigenvalue weighted by Gasteiger charge is -2.25. The van der Waals surface area contributed by atoms with Crippen molar-refractivity contribution in [2.45, 2.75) is 25.8 Å². The molecule has 6 nitrogen and oxygen atoms in total. The molecule has 1 atom stereocenters. The van der Waals surface area contributed by atoms with Gasteiger partial charge in [0.25, 0.3) is 0 Å². The lowest BCUT2D eigenvalue weighted by molar-refractivity contribution is -0.116. The predicted octanol–water partition coefficient (Wildman–Crippen LogP) is 2.29. The Hall–Kier alpha value is -2.34. The Morgan fingerprint density at radius 1 is 1.42 bits per heavy atom. The molecule has 3 rings (SSSR count). The Kier molecular flexibility index (Phi) is 5.15. The Morgan fingerprint density at radius 3 is 2.83 bits per heavy atom. The van der Waals surface area contributed by atoms with Crippen LogP contribution in [0.4, 0.5) is 0 Å². The minimum atomic E-state index is -0.105. The highest BCUT2D eigenvalue weighted by molar-refractivity contribution is 5.91. The first-order valence-corrected chi connectivity index (χ1v) is 8.37. The maximum atomic E-state index is 12.1. The number of carbonyl (C=O) groups excluding carboxylic acids is 1. The third kappa shape index (κ3) is 4.14. The van der Waals surface area contributed by atoms with Gasteiger partial charge in [-0.15, -0.1) is 0 Å². The van der Waals surface area contributed by atoms with Gasteiger partial charge in [-0.25, -0.2) is 0 Å². The number of aryl methyl sites for hydroxylation is 2. The highest BCUT2D eigenvalue weighted by atomic mass is 16.3. The highest BCUT2D eigenvalue weighted by Crippen LogP contribution is 2.26. The number of rotatable bonds is 6. The first-order valence-electron chi connectivity index (χ1n) is 8.37. The van der Waals surface area contributed by atoms with Gasteiger partial charge in [-0.3, -0.25) is 14.4 Å². The molecule has 128 valence electrons. The molecule has 1 saturated heterocycles. The van der Waals surface area contributed by atoms with E-state index in [0.29, 0.717) is 6.54 Å². The third-order valence-corrected chi connectivity index (χ3v) is 4.29. The number of likely N-dealkylation sites (tertiary alicyclic amines) is 1. The van der Waals surface area contributed by atoms with Crippen LogP contribution in [0.3, 0.4) is 0 Å². The Morgan fingerprint density at radius 2 is 2.21 bits per heavy atom. The molecule has 0 saturated carbocycles. The summed E-state index contributed by atoms with van der Waals surface area (Å²) in [6.07, 6.45) is 9.30. The number of carbonyl (C=O) groups is 1. The summed E-state index contributed by atoms with van der Waals surface area (Å²) in [6, 6.07) is 4.08. The van der Waals surface area contributed by atoms with Gasteiger partial charge in [-0.2, -0.15) is 5.10 Å². The molecule has 2 aromatic heterocycles. The van der Waals surface area contributed by atoms with Crippen molar-refractivity contribution in [3.63, 3.8) is 0 Å². The molecule has 1 N–H and O–H groups in total. The van der Waals surface area contributed by atoms with Crippen LogP contribution in [-0.2, 0) is 11.8 Å². The van der Waals surface area contributed by atoms with Crippen LogP contribution >= 0.6 is 0 Å². The van der Waals surface area contributed by atoms with Gasteiger partial charge in [-0.05, 0) is 51.1 Å². The van der Waals surface area contributed by atoms with Crippen molar-refractivity contribution in [2.75, 3.05) is 19.6 Å². The normalized spacial score (nSPS) is 16.8. The van der Waals surface area contributed by atoms with Gasteiger partial charge in [0.1, 0.15) is 11.5 Å². The van der Waals surface area contributed by atoms with E-state index < -0.39 is 0 Å². The number of nitrogens with zero attached hydrogens (tertiary/aromatic N) is 3. The number of amides is 1. The molecule has 1 fully saturated rings. The summed E-state index contributed by atoms with van der Waals surface area (Å²) in [5, 5.41) is 7.07. The predicted molar refractivity (Wildman–Crippen MR) is 92.2 cm³/mol. The zero-order valence-electron chi connectivity index (χ0n) is 14.2. The first kappa shape index (κ1) is 16.5. The molecule has 0 radical (unpaired) electrons. The van der Waals surface area contributed by atoms with Crippen molar-refractivity contribution < 1.29 is 9.21 Å². The minimum absolute atomic E-state index is 0.0944. The molecule has 24 heavy (non-hydrogen) atoms. The standard InChI is InChI=1S/C18H24N4O2/c1-14-5-7-17(24-14)16(22-9-3-4-10-22)12-19-18(23)8-6-15-11-20-21(2)13-15/h5-8,11,13,16H,3-4,9-10,12H2,1-2H3,(H,19,23)/b8-6-/t16-/m1/s1. The van der Waals surface area contributed by atoms with Crippen LogP contribution in [0.15, 0.2) is 35.0 Å². The van der Waals surface area contributed by atoms with Crippen molar-refractivity contribution in [1.82, 2.24) is 20.0 Å². The van der Waals surface area contributed by atoms with Crippen LogP contribution in [0.5, 0.6) is 0 Å². The third-order valence-electron chi connectivity index (χ3n) is 4.29. The zero-order chi connectivity index (χ0) is 16.9. The van der Waals surface area contributed by atoms with Gasteiger partial charge in [-0.1, -0.05) is 0 Å². The SMILES string of the molecule is Cc1ccc([C@@H](CNC(=O)/C=C\c2cnn(C)c2)N2CCCC2)o1. The van der Waals surface area contributed by atoms with Crippen LogP contribution in [-0.4, -0.2) is 40.2 Å². The maximum Gasteiger partial charge on any atom is 0.244 e. The lowest BCUT2D eigenvalue weighted by atomic mass is 10.2. The summed E-state index contributed by atoms with van der Waals surface area (Å²) in [6.45, 7) is 4.58. The topological polar surface area (TPSA) is 63.3 Å². The van der Waals surface area contributed by atoms with E-state index in [1.807, 2.05) is 32.3 Å². The molecule has 0 aromatic carbocycles. The summed E-state index contributed by atoms with van der Waals surface area (Å²) in [4.78, 5) is 14.5. The van der Waals surface area contributed by atoms with Crippen molar-refractivity contribution in [3.8, 4) is 0 Å². The van der Waals surface area contributed by atoms with E-state index in [1.165, 1.54) is 12.8 Å². The average Bonchev–Trinajstić information content (AvgIpc) is 3.29. The second-order valence-electron chi connectivity index (χ2n) is 6.23. The number of hydrogen-bond acceptors (Lipinski definition) is 4. The molecule has 0 aliphatic carbocycles. The van der Waals surface area contributed by atoms with E-state index in [1.54, 1.807) is 23.0 Å². The largest absolute Gasteiger partial charge is 0.465 e. The molecule has 0 bridgehead atoms. The van der Waals surface area contributed by atoms with Crippen molar-refractivity contribution in [3.05, 3.63) is 47.7 Å². The van der Waals surface area contributed by atoms with Gasteiger partial charge < -0.3 is 9.73 Å². The fourth-order valence-electron chi connectivity index (χ4n) is 3.05. The molecule has 1 aliphatic heterocycles. The van der Waals surface area contributed by atoms with Crippen LogP contribution in [0.1, 0.15) is 36.0 Å². The fourth-order valence-corrected chi connectivity index (χ4v) is 3.05. The smallest absolute Gasteiger partial charge is 0.244 e. The number of hydrogen-bond donors (Lipinski definition) is 1. The lowest BCUT2D eigenvalue weighted by Crippen LogP contribution is -2.36. The average molecular weight is 328 g/mol. The number of furan rings is 1. The quantitative estimate of drug-likeness (QED) is 0.827. The first-order chi connectivity index (χ1) is 11.6.